The maximum absolute atomic E-state index is 12.4. The van der Waals surface area contributed by atoms with E-state index in [0.29, 0.717) is 34.3 Å². The van der Waals surface area contributed by atoms with Crippen LogP contribution < -0.4 is 10.2 Å². The first kappa shape index (κ1) is 16.8. The first-order chi connectivity index (χ1) is 11.5. The van der Waals surface area contributed by atoms with Crippen LogP contribution >= 0.6 is 23.2 Å². The van der Waals surface area contributed by atoms with Crippen LogP contribution in [-0.2, 0) is 4.79 Å². The number of anilines is 2. The molecule has 0 aromatic heterocycles. The number of hydrogen-bond acceptors (Lipinski definition) is 2. The fourth-order valence-electron chi connectivity index (χ4n) is 2.72. The molecule has 4 nitrogen and oxygen atoms in total. The third-order valence-electron chi connectivity index (χ3n) is 4.01. The molecule has 0 saturated carbocycles. The van der Waals surface area contributed by atoms with Crippen molar-refractivity contribution in [1.82, 2.24) is 0 Å². The van der Waals surface area contributed by atoms with Crippen LogP contribution in [-0.4, -0.2) is 18.4 Å². The number of carbonyl (C=O) groups excluding carboxylic acids is 2. The Labute approximate surface area is 150 Å². The van der Waals surface area contributed by atoms with E-state index in [1.165, 1.54) is 6.07 Å². The van der Waals surface area contributed by atoms with Gasteiger partial charge in [-0.15, -0.1) is 0 Å². The molecule has 1 fully saturated rings. The second-order valence-corrected chi connectivity index (χ2v) is 6.55. The first-order valence-corrected chi connectivity index (χ1v) is 8.39. The Balaban J connectivity index is 1.83. The molecule has 0 aliphatic carbocycles. The SMILES string of the molecule is Cc1ccc(NC(=O)c2ccc(Cl)c(Cl)c2)cc1N1CCCC1=O. The minimum absolute atomic E-state index is 0.117. The summed E-state index contributed by atoms with van der Waals surface area (Å²) < 4.78 is 0. The number of amides is 2. The quantitative estimate of drug-likeness (QED) is 0.861. The minimum atomic E-state index is -0.281. The average molecular weight is 363 g/mol. The van der Waals surface area contributed by atoms with Gasteiger partial charge in [0.2, 0.25) is 5.91 Å². The Morgan fingerprint density at radius 3 is 2.58 bits per heavy atom. The lowest BCUT2D eigenvalue weighted by Crippen LogP contribution is -2.24. The van der Waals surface area contributed by atoms with Crippen molar-refractivity contribution in [3.63, 3.8) is 0 Å². The topological polar surface area (TPSA) is 49.4 Å². The van der Waals surface area contributed by atoms with Crippen molar-refractivity contribution in [3.8, 4) is 0 Å². The van der Waals surface area contributed by atoms with Crippen molar-refractivity contribution >= 4 is 46.4 Å². The van der Waals surface area contributed by atoms with Gasteiger partial charge >= 0.3 is 0 Å². The van der Waals surface area contributed by atoms with E-state index in [0.717, 1.165) is 17.7 Å². The van der Waals surface area contributed by atoms with E-state index < -0.39 is 0 Å². The van der Waals surface area contributed by atoms with E-state index in [2.05, 4.69) is 5.32 Å². The molecule has 2 aromatic carbocycles. The largest absolute Gasteiger partial charge is 0.322 e. The molecule has 0 bridgehead atoms. The van der Waals surface area contributed by atoms with Gasteiger partial charge < -0.3 is 10.2 Å². The van der Waals surface area contributed by atoms with Crippen molar-refractivity contribution < 1.29 is 9.59 Å². The predicted octanol–water partition coefficient (Wildman–Crippen LogP) is 4.68. The molecule has 1 N–H and O–H groups in total. The van der Waals surface area contributed by atoms with Crippen molar-refractivity contribution in [2.75, 3.05) is 16.8 Å². The molecule has 124 valence electrons. The fourth-order valence-corrected chi connectivity index (χ4v) is 3.02. The molecule has 2 amide bonds. The smallest absolute Gasteiger partial charge is 0.255 e. The second-order valence-electron chi connectivity index (χ2n) is 5.73. The zero-order chi connectivity index (χ0) is 17.3. The fraction of sp³-hybridized carbons (Fsp3) is 0.222. The van der Waals surface area contributed by atoms with Gasteiger partial charge in [-0.05, 0) is 49.2 Å². The molecule has 6 heteroatoms. The monoisotopic (exact) mass is 362 g/mol. The van der Waals surface area contributed by atoms with Gasteiger partial charge in [0.05, 0.1) is 10.0 Å². The maximum Gasteiger partial charge on any atom is 0.255 e. The van der Waals surface area contributed by atoms with Crippen LogP contribution in [0, 0.1) is 6.92 Å². The lowest BCUT2D eigenvalue weighted by Gasteiger charge is -2.19. The van der Waals surface area contributed by atoms with Crippen molar-refractivity contribution in [3.05, 3.63) is 57.6 Å². The Kier molecular flexibility index (Phi) is 4.78. The average Bonchev–Trinajstić information content (AvgIpc) is 2.97. The summed E-state index contributed by atoms with van der Waals surface area (Å²) in [4.78, 5) is 26.1. The van der Waals surface area contributed by atoms with E-state index in [1.807, 2.05) is 25.1 Å². The number of benzene rings is 2. The standard InChI is InChI=1S/C18H16Cl2N2O2/c1-11-4-6-13(10-16(11)22-8-2-3-17(22)23)21-18(24)12-5-7-14(19)15(20)9-12/h4-7,9-10H,2-3,8H2,1H3,(H,21,24). The summed E-state index contributed by atoms with van der Waals surface area (Å²) in [6, 6.07) is 10.3. The number of carbonyl (C=O) groups is 2. The molecule has 1 aliphatic rings. The highest BCUT2D eigenvalue weighted by atomic mass is 35.5. The molecule has 0 atom stereocenters. The summed E-state index contributed by atoms with van der Waals surface area (Å²) in [5, 5.41) is 3.56. The zero-order valence-electron chi connectivity index (χ0n) is 13.1. The van der Waals surface area contributed by atoms with Crippen molar-refractivity contribution in [1.29, 1.82) is 0 Å². The Morgan fingerprint density at radius 1 is 1.12 bits per heavy atom. The highest BCUT2D eigenvalue weighted by Crippen LogP contribution is 2.29. The van der Waals surface area contributed by atoms with Crippen molar-refractivity contribution in [2.45, 2.75) is 19.8 Å². The summed E-state index contributed by atoms with van der Waals surface area (Å²) in [6.07, 6.45) is 1.43. The maximum atomic E-state index is 12.4. The lowest BCUT2D eigenvalue weighted by atomic mass is 10.1. The molecular weight excluding hydrogens is 347 g/mol. The Morgan fingerprint density at radius 2 is 1.92 bits per heavy atom. The Bertz CT molecular complexity index is 821. The highest BCUT2D eigenvalue weighted by Gasteiger charge is 2.23. The number of hydrogen-bond donors (Lipinski definition) is 1. The number of rotatable bonds is 3. The van der Waals surface area contributed by atoms with Gasteiger partial charge in [0.15, 0.2) is 0 Å². The second kappa shape index (κ2) is 6.83. The summed E-state index contributed by atoms with van der Waals surface area (Å²) in [5.74, 6) is -0.165. The van der Waals surface area contributed by atoms with Crippen LogP contribution in [0.1, 0.15) is 28.8 Å². The molecule has 0 spiro atoms. The number of halogens is 2. The van der Waals surface area contributed by atoms with Crippen LogP contribution in [0.2, 0.25) is 10.0 Å². The molecule has 1 heterocycles. The number of nitrogens with one attached hydrogen (secondary N) is 1. The highest BCUT2D eigenvalue weighted by molar-refractivity contribution is 6.42. The van der Waals surface area contributed by atoms with Crippen LogP contribution in [0.25, 0.3) is 0 Å². The molecule has 2 aromatic rings. The van der Waals surface area contributed by atoms with Gasteiger partial charge in [0.1, 0.15) is 0 Å². The molecule has 3 rings (SSSR count). The van der Waals surface area contributed by atoms with Crippen LogP contribution in [0.15, 0.2) is 36.4 Å². The number of nitrogens with zero attached hydrogens (tertiary/aromatic N) is 1. The van der Waals surface area contributed by atoms with Gasteiger partial charge in [-0.3, -0.25) is 9.59 Å². The van der Waals surface area contributed by atoms with Gasteiger partial charge in [0.25, 0.3) is 5.91 Å². The molecule has 24 heavy (non-hydrogen) atoms. The number of aryl methyl sites for hydroxylation is 1. The van der Waals surface area contributed by atoms with Crippen molar-refractivity contribution in [2.24, 2.45) is 0 Å². The third kappa shape index (κ3) is 3.40. The van der Waals surface area contributed by atoms with E-state index >= 15 is 0 Å². The Hall–Kier alpha value is -2.04. The van der Waals surface area contributed by atoms with Gasteiger partial charge in [-0.1, -0.05) is 29.3 Å². The summed E-state index contributed by atoms with van der Waals surface area (Å²) in [5.41, 5.74) is 2.89. The van der Waals surface area contributed by atoms with E-state index in [1.54, 1.807) is 17.0 Å². The molecule has 1 aliphatic heterocycles. The molecule has 0 radical (unpaired) electrons. The van der Waals surface area contributed by atoms with Gasteiger partial charge in [-0.2, -0.15) is 0 Å². The van der Waals surface area contributed by atoms with Gasteiger partial charge in [-0.25, -0.2) is 0 Å². The summed E-state index contributed by atoms with van der Waals surface area (Å²) in [6.45, 7) is 2.66. The minimum Gasteiger partial charge on any atom is -0.322 e. The van der Waals surface area contributed by atoms with E-state index in [-0.39, 0.29) is 11.8 Å². The van der Waals surface area contributed by atoms with E-state index in [9.17, 15) is 9.59 Å². The van der Waals surface area contributed by atoms with Crippen LogP contribution in [0.5, 0.6) is 0 Å². The van der Waals surface area contributed by atoms with E-state index in [4.69, 9.17) is 23.2 Å². The lowest BCUT2D eigenvalue weighted by molar-refractivity contribution is -0.117. The normalized spacial score (nSPS) is 14.1. The van der Waals surface area contributed by atoms with Gasteiger partial charge in [0, 0.05) is 29.9 Å². The predicted molar refractivity (Wildman–Crippen MR) is 97.2 cm³/mol. The third-order valence-corrected chi connectivity index (χ3v) is 4.75. The van der Waals surface area contributed by atoms with Crippen LogP contribution in [0.4, 0.5) is 11.4 Å². The summed E-state index contributed by atoms with van der Waals surface area (Å²) in [7, 11) is 0. The first-order valence-electron chi connectivity index (χ1n) is 7.63. The summed E-state index contributed by atoms with van der Waals surface area (Å²) >= 11 is 11.8. The molecule has 1 saturated heterocycles. The molecule has 0 unspecified atom stereocenters. The van der Waals surface area contributed by atoms with Crippen LogP contribution in [0.3, 0.4) is 0 Å². The zero-order valence-corrected chi connectivity index (χ0v) is 14.6. The molecular formula is C18H16Cl2N2O2.